The molecule has 1 aromatic carbocycles. The topological polar surface area (TPSA) is 87.1 Å². The van der Waals surface area contributed by atoms with Crippen molar-refractivity contribution in [2.24, 2.45) is 11.7 Å². The van der Waals surface area contributed by atoms with Gasteiger partial charge in [0.1, 0.15) is 0 Å². The van der Waals surface area contributed by atoms with Crippen LogP contribution in [-0.4, -0.2) is 11.1 Å². The second kappa shape index (κ2) is 4.40. The van der Waals surface area contributed by atoms with E-state index in [4.69, 9.17) is 16.1 Å². The molecule has 72 valence electrons. The van der Waals surface area contributed by atoms with Crippen molar-refractivity contribution in [2.45, 2.75) is 6.04 Å². The Balaban J connectivity index is 2.90. The van der Waals surface area contributed by atoms with Crippen molar-refractivity contribution in [3.05, 3.63) is 35.9 Å². The number of rotatable bonds is 3. The summed E-state index contributed by atoms with van der Waals surface area (Å²) in [5.74, 6) is -2.39. The summed E-state index contributed by atoms with van der Waals surface area (Å²) in [5.41, 5.74) is 6.30. The van der Waals surface area contributed by atoms with Gasteiger partial charge in [0.15, 0.2) is 5.92 Å². The molecule has 0 aliphatic heterocycles. The summed E-state index contributed by atoms with van der Waals surface area (Å²) in [6.45, 7) is 0. The zero-order valence-corrected chi connectivity index (χ0v) is 7.42. The molecule has 4 heteroatoms. The first-order valence-corrected chi connectivity index (χ1v) is 4.09. The maximum absolute atomic E-state index is 10.6. The van der Waals surface area contributed by atoms with Crippen LogP contribution >= 0.6 is 0 Å². The van der Waals surface area contributed by atoms with Crippen LogP contribution in [0.4, 0.5) is 0 Å². The monoisotopic (exact) mass is 190 g/mol. The highest BCUT2D eigenvalue weighted by Gasteiger charge is 2.25. The van der Waals surface area contributed by atoms with Crippen molar-refractivity contribution >= 4 is 5.97 Å². The van der Waals surface area contributed by atoms with E-state index in [1.54, 1.807) is 36.4 Å². The van der Waals surface area contributed by atoms with E-state index in [-0.39, 0.29) is 0 Å². The lowest BCUT2D eigenvalue weighted by molar-refractivity contribution is -0.140. The van der Waals surface area contributed by atoms with Crippen LogP contribution in [0.3, 0.4) is 0 Å². The lowest BCUT2D eigenvalue weighted by Gasteiger charge is -2.13. The number of aliphatic carboxylic acids is 1. The minimum Gasteiger partial charge on any atom is -0.480 e. The van der Waals surface area contributed by atoms with Gasteiger partial charge in [0.05, 0.1) is 12.1 Å². The minimum absolute atomic E-state index is 0.654. The Morgan fingerprint density at radius 1 is 1.43 bits per heavy atom. The Hall–Kier alpha value is -1.86. The van der Waals surface area contributed by atoms with Gasteiger partial charge in [0.25, 0.3) is 0 Å². The predicted octanol–water partition coefficient (Wildman–Crippen LogP) is 0.911. The second-order valence-corrected chi connectivity index (χ2v) is 2.88. The third kappa shape index (κ3) is 2.09. The quantitative estimate of drug-likeness (QED) is 0.741. The molecule has 1 aromatic rings. The van der Waals surface area contributed by atoms with Gasteiger partial charge in [-0.15, -0.1) is 0 Å². The first-order chi connectivity index (χ1) is 6.66. The Labute approximate surface area is 81.6 Å². The molecule has 0 radical (unpaired) electrons. The van der Waals surface area contributed by atoms with Gasteiger partial charge in [-0.1, -0.05) is 30.3 Å². The van der Waals surface area contributed by atoms with Gasteiger partial charge in [0.2, 0.25) is 0 Å². The van der Waals surface area contributed by atoms with Crippen LogP contribution in [-0.2, 0) is 4.79 Å². The van der Waals surface area contributed by atoms with E-state index in [1.165, 1.54) is 0 Å². The second-order valence-electron chi connectivity index (χ2n) is 2.88. The molecule has 2 atom stereocenters. The van der Waals surface area contributed by atoms with Gasteiger partial charge in [-0.25, -0.2) is 0 Å². The highest BCUT2D eigenvalue weighted by atomic mass is 16.4. The first-order valence-electron chi connectivity index (χ1n) is 4.09. The number of carbonyl (C=O) groups is 1. The van der Waals surface area contributed by atoms with Gasteiger partial charge in [-0.3, -0.25) is 4.79 Å². The number of carboxylic acid groups (broad SMARTS) is 1. The fraction of sp³-hybridized carbons (Fsp3) is 0.200. The molecule has 0 aliphatic carbocycles. The van der Waals surface area contributed by atoms with Crippen LogP contribution in [0.25, 0.3) is 0 Å². The molecule has 0 amide bonds. The van der Waals surface area contributed by atoms with Crippen molar-refractivity contribution in [1.29, 1.82) is 5.26 Å². The molecule has 2 unspecified atom stereocenters. The smallest absolute Gasteiger partial charge is 0.322 e. The average molecular weight is 190 g/mol. The van der Waals surface area contributed by atoms with Crippen LogP contribution in [0.2, 0.25) is 0 Å². The number of nitriles is 1. The molecular weight excluding hydrogens is 180 g/mol. The van der Waals surface area contributed by atoms with Crippen molar-refractivity contribution in [1.82, 2.24) is 0 Å². The van der Waals surface area contributed by atoms with Crippen molar-refractivity contribution in [3.63, 3.8) is 0 Å². The molecular formula is C10H10N2O2. The van der Waals surface area contributed by atoms with E-state index in [0.717, 1.165) is 0 Å². The molecule has 0 fully saturated rings. The highest BCUT2D eigenvalue weighted by Crippen LogP contribution is 2.18. The molecule has 0 spiro atoms. The third-order valence-electron chi connectivity index (χ3n) is 1.95. The first kappa shape index (κ1) is 10.2. The largest absolute Gasteiger partial charge is 0.480 e. The molecule has 0 aromatic heterocycles. The summed E-state index contributed by atoms with van der Waals surface area (Å²) >= 11 is 0. The lowest BCUT2D eigenvalue weighted by atomic mass is 9.95. The highest BCUT2D eigenvalue weighted by molar-refractivity contribution is 5.74. The van der Waals surface area contributed by atoms with Crippen molar-refractivity contribution in [3.8, 4) is 6.07 Å². The van der Waals surface area contributed by atoms with E-state index in [0.29, 0.717) is 5.56 Å². The summed E-state index contributed by atoms with van der Waals surface area (Å²) in [4.78, 5) is 10.6. The molecule has 0 bridgehead atoms. The molecule has 0 aliphatic rings. The summed E-state index contributed by atoms with van der Waals surface area (Å²) < 4.78 is 0. The number of hydrogen-bond donors (Lipinski definition) is 2. The SMILES string of the molecule is N#CC(C(=O)O)C(N)c1ccccc1. The van der Waals surface area contributed by atoms with Crippen LogP contribution in [0.15, 0.2) is 30.3 Å². The maximum atomic E-state index is 10.6. The van der Waals surface area contributed by atoms with E-state index >= 15 is 0 Å². The van der Waals surface area contributed by atoms with Crippen LogP contribution in [0, 0.1) is 17.2 Å². The molecule has 0 saturated heterocycles. The van der Waals surface area contributed by atoms with E-state index < -0.39 is 17.9 Å². The minimum atomic E-state index is -1.20. The molecule has 4 nitrogen and oxygen atoms in total. The van der Waals surface area contributed by atoms with E-state index in [9.17, 15) is 4.79 Å². The Kier molecular flexibility index (Phi) is 3.21. The molecule has 3 N–H and O–H groups in total. The molecule has 0 heterocycles. The normalized spacial score (nSPS) is 14.0. The van der Waals surface area contributed by atoms with Gasteiger partial charge in [-0.2, -0.15) is 5.26 Å². The molecule has 1 rings (SSSR count). The summed E-state index contributed by atoms with van der Waals surface area (Å²) in [7, 11) is 0. The predicted molar refractivity (Wildman–Crippen MR) is 50.1 cm³/mol. The van der Waals surface area contributed by atoms with Gasteiger partial charge >= 0.3 is 5.97 Å². The standard InChI is InChI=1S/C10H10N2O2/c11-6-8(10(13)14)9(12)7-4-2-1-3-5-7/h1-5,8-9H,12H2,(H,13,14). The van der Waals surface area contributed by atoms with Gasteiger partial charge < -0.3 is 10.8 Å². The Morgan fingerprint density at radius 3 is 2.43 bits per heavy atom. The number of benzene rings is 1. The van der Waals surface area contributed by atoms with Gasteiger partial charge in [-0.05, 0) is 5.56 Å². The van der Waals surface area contributed by atoms with Crippen molar-refractivity contribution < 1.29 is 9.90 Å². The van der Waals surface area contributed by atoms with Crippen LogP contribution in [0.1, 0.15) is 11.6 Å². The summed E-state index contributed by atoms with van der Waals surface area (Å²) in [6.07, 6.45) is 0. The van der Waals surface area contributed by atoms with E-state index in [1.807, 2.05) is 0 Å². The lowest BCUT2D eigenvalue weighted by Crippen LogP contribution is -2.26. The third-order valence-corrected chi connectivity index (χ3v) is 1.95. The number of nitrogens with two attached hydrogens (primary N) is 1. The number of nitrogens with zero attached hydrogens (tertiary/aromatic N) is 1. The Morgan fingerprint density at radius 2 is 2.00 bits per heavy atom. The maximum Gasteiger partial charge on any atom is 0.322 e. The van der Waals surface area contributed by atoms with E-state index in [2.05, 4.69) is 0 Å². The fourth-order valence-corrected chi connectivity index (χ4v) is 1.16. The summed E-state index contributed by atoms with van der Waals surface area (Å²) in [5, 5.41) is 17.3. The molecule has 0 saturated carbocycles. The number of carboxylic acids is 1. The average Bonchev–Trinajstić information content (AvgIpc) is 2.19. The fourth-order valence-electron chi connectivity index (χ4n) is 1.16. The number of hydrogen-bond acceptors (Lipinski definition) is 3. The van der Waals surface area contributed by atoms with Crippen LogP contribution in [0.5, 0.6) is 0 Å². The Bertz CT molecular complexity index is 356. The zero-order valence-electron chi connectivity index (χ0n) is 7.42. The zero-order chi connectivity index (χ0) is 10.6. The van der Waals surface area contributed by atoms with Gasteiger partial charge in [0, 0.05) is 0 Å². The summed E-state index contributed by atoms with van der Waals surface area (Å²) in [6, 6.07) is 9.62. The molecule has 14 heavy (non-hydrogen) atoms. The van der Waals surface area contributed by atoms with Crippen molar-refractivity contribution in [2.75, 3.05) is 0 Å². The van der Waals surface area contributed by atoms with Crippen LogP contribution < -0.4 is 5.73 Å².